The van der Waals surface area contributed by atoms with Gasteiger partial charge in [0.25, 0.3) is 0 Å². The molecule has 3 rings (SSSR count). The van der Waals surface area contributed by atoms with Crippen molar-refractivity contribution in [1.82, 2.24) is 4.90 Å². The van der Waals surface area contributed by atoms with Gasteiger partial charge >= 0.3 is 0 Å². The van der Waals surface area contributed by atoms with Crippen molar-refractivity contribution in [1.29, 1.82) is 0 Å². The summed E-state index contributed by atoms with van der Waals surface area (Å²) in [6, 6.07) is 29.9. The molecule has 190 valence electrons. The van der Waals surface area contributed by atoms with E-state index in [1.807, 2.05) is 104 Å². The zero-order chi connectivity index (χ0) is 25.4. The molecule has 0 aliphatic carbocycles. The fourth-order valence-electron chi connectivity index (χ4n) is 4.09. The summed E-state index contributed by atoms with van der Waals surface area (Å²) in [5.74, 6) is 0. The Balaban J connectivity index is 1.81. The van der Waals surface area contributed by atoms with Gasteiger partial charge in [0.2, 0.25) is 0 Å². The van der Waals surface area contributed by atoms with Gasteiger partial charge < -0.3 is 19.0 Å². The van der Waals surface area contributed by atoms with E-state index in [4.69, 9.17) is 14.2 Å². The number of hydrogen-bond acceptors (Lipinski definition) is 5. The summed E-state index contributed by atoms with van der Waals surface area (Å²) in [5, 5.41) is 0. The molecule has 3 unspecified atom stereocenters. The minimum Gasteiger partial charge on any atom is -0.375 e. The second-order valence-electron chi connectivity index (χ2n) is 8.79. The van der Waals surface area contributed by atoms with E-state index in [0.717, 1.165) is 23.0 Å². The van der Waals surface area contributed by atoms with Crippen LogP contribution in [0.4, 0.5) is 0 Å². The molecule has 0 amide bonds. The predicted molar refractivity (Wildman–Crippen MR) is 143 cm³/mol. The normalized spacial score (nSPS) is 13.7. The van der Waals surface area contributed by atoms with E-state index < -0.39 is 12.2 Å². The maximum Gasteiger partial charge on any atom is 0.122 e. The molecular formula is C31H37NO4. The average Bonchev–Trinajstić information content (AvgIpc) is 2.92. The maximum atomic E-state index is 11.7. The summed E-state index contributed by atoms with van der Waals surface area (Å²) in [6.45, 7) is 6.28. The van der Waals surface area contributed by atoms with Crippen molar-refractivity contribution in [3.05, 3.63) is 120 Å². The Labute approximate surface area is 215 Å². The Bertz CT molecular complexity index is 997. The summed E-state index contributed by atoms with van der Waals surface area (Å²) in [7, 11) is 2.02. The highest BCUT2D eigenvalue weighted by Crippen LogP contribution is 2.21. The van der Waals surface area contributed by atoms with Gasteiger partial charge in [-0.1, -0.05) is 97.1 Å². The zero-order valence-electron chi connectivity index (χ0n) is 21.1. The molecule has 0 aliphatic rings. The van der Waals surface area contributed by atoms with Crippen molar-refractivity contribution >= 4 is 6.29 Å². The smallest absolute Gasteiger partial charge is 0.122 e. The Morgan fingerprint density at radius 1 is 0.778 bits per heavy atom. The van der Waals surface area contributed by atoms with Crippen LogP contribution in [0.25, 0.3) is 0 Å². The highest BCUT2D eigenvalue weighted by Gasteiger charge is 2.34. The minimum absolute atomic E-state index is 0.156. The van der Waals surface area contributed by atoms with Crippen LogP contribution in [0.3, 0.4) is 0 Å². The summed E-state index contributed by atoms with van der Waals surface area (Å²) in [6.07, 6.45) is 2.15. The number of nitrogens with zero attached hydrogens (tertiary/aromatic N) is 1. The minimum atomic E-state index is -0.441. The average molecular weight is 488 g/mol. The van der Waals surface area contributed by atoms with Crippen LogP contribution in [0.2, 0.25) is 0 Å². The van der Waals surface area contributed by atoms with Gasteiger partial charge in [-0.2, -0.15) is 0 Å². The molecule has 0 N–H and O–H groups in total. The van der Waals surface area contributed by atoms with Crippen molar-refractivity contribution in [3.63, 3.8) is 0 Å². The van der Waals surface area contributed by atoms with E-state index in [1.165, 1.54) is 0 Å². The summed E-state index contributed by atoms with van der Waals surface area (Å²) in [5.41, 5.74) is 3.21. The summed E-state index contributed by atoms with van der Waals surface area (Å²) >= 11 is 0. The monoisotopic (exact) mass is 487 g/mol. The van der Waals surface area contributed by atoms with Crippen LogP contribution in [-0.2, 0) is 38.8 Å². The predicted octanol–water partition coefficient (Wildman–Crippen LogP) is 5.45. The van der Waals surface area contributed by atoms with Crippen molar-refractivity contribution in [2.75, 3.05) is 20.2 Å². The summed E-state index contributed by atoms with van der Waals surface area (Å²) < 4.78 is 19.0. The largest absolute Gasteiger partial charge is 0.375 e. The Morgan fingerprint density at radius 2 is 1.28 bits per heavy atom. The first-order chi connectivity index (χ1) is 17.7. The third-order valence-electron chi connectivity index (χ3n) is 6.05. The molecule has 36 heavy (non-hydrogen) atoms. The molecule has 0 saturated carbocycles. The van der Waals surface area contributed by atoms with Crippen LogP contribution >= 0.6 is 0 Å². The molecule has 3 atom stereocenters. The molecule has 0 fully saturated rings. The topological polar surface area (TPSA) is 48.0 Å². The number of benzene rings is 3. The lowest BCUT2D eigenvalue weighted by Crippen LogP contribution is -2.52. The molecule has 5 heteroatoms. The Morgan fingerprint density at radius 3 is 1.78 bits per heavy atom. The highest BCUT2D eigenvalue weighted by atomic mass is 16.5. The molecule has 0 aromatic heterocycles. The number of ether oxygens (including phenoxy) is 3. The first-order valence-corrected chi connectivity index (χ1v) is 12.4. The van der Waals surface area contributed by atoms with Crippen LogP contribution in [0, 0.1) is 0 Å². The highest BCUT2D eigenvalue weighted by molar-refractivity contribution is 5.50. The van der Waals surface area contributed by atoms with Crippen LogP contribution < -0.4 is 0 Å². The van der Waals surface area contributed by atoms with Crippen molar-refractivity contribution in [3.8, 4) is 0 Å². The van der Waals surface area contributed by atoms with Crippen molar-refractivity contribution in [2.45, 2.75) is 44.5 Å². The van der Waals surface area contributed by atoms with Crippen molar-refractivity contribution < 1.29 is 19.0 Å². The summed E-state index contributed by atoms with van der Waals surface area (Å²) in [4.78, 5) is 13.9. The number of carbonyl (C=O) groups is 1. The van der Waals surface area contributed by atoms with Crippen LogP contribution in [0.15, 0.2) is 104 Å². The van der Waals surface area contributed by atoms with Gasteiger partial charge in [0.1, 0.15) is 12.4 Å². The lowest BCUT2D eigenvalue weighted by Gasteiger charge is -2.37. The van der Waals surface area contributed by atoms with Crippen LogP contribution in [-0.4, -0.2) is 49.6 Å². The van der Waals surface area contributed by atoms with E-state index in [0.29, 0.717) is 33.0 Å². The number of hydrogen-bond donors (Lipinski definition) is 0. The molecule has 0 aliphatic heterocycles. The van der Waals surface area contributed by atoms with E-state index in [1.54, 1.807) is 0 Å². The number of carbonyl (C=O) groups excluding carboxylic acids is 1. The molecule has 3 aromatic rings. The van der Waals surface area contributed by atoms with Crippen molar-refractivity contribution in [2.24, 2.45) is 0 Å². The molecule has 0 bridgehead atoms. The van der Waals surface area contributed by atoms with Crippen LogP contribution in [0.1, 0.15) is 23.1 Å². The van der Waals surface area contributed by atoms with Crippen LogP contribution in [0.5, 0.6) is 0 Å². The first-order valence-electron chi connectivity index (χ1n) is 12.4. The molecule has 0 spiro atoms. The Hall–Kier alpha value is -3.09. The van der Waals surface area contributed by atoms with Gasteiger partial charge in [-0.25, -0.2) is 0 Å². The van der Waals surface area contributed by atoms with Gasteiger partial charge in [0.15, 0.2) is 0 Å². The fraction of sp³-hybridized carbons (Fsp3) is 0.323. The molecule has 0 heterocycles. The quantitative estimate of drug-likeness (QED) is 0.187. The third kappa shape index (κ3) is 9.17. The van der Waals surface area contributed by atoms with E-state index in [2.05, 4.69) is 11.5 Å². The lowest BCUT2D eigenvalue weighted by molar-refractivity contribution is -0.136. The zero-order valence-corrected chi connectivity index (χ0v) is 21.1. The van der Waals surface area contributed by atoms with Gasteiger partial charge in [0, 0.05) is 13.0 Å². The fourth-order valence-corrected chi connectivity index (χ4v) is 4.09. The van der Waals surface area contributed by atoms with Gasteiger partial charge in [-0.3, -0.25) is 4.90 Å². The maximum absolute atomic E-state index is 11.7. The SMILES string of the molecule is C=CCN(C)C(COCc1ccccc1)C(OCc1ccccc1)C(CC=O)OCc1ccccc1. The first kappa shape index (κ1) is 27.5. The second kappa shape index (κ2) is 15.8. The third-order valence-corrected chi connectivity index (χ3v) is 6.05. The molecule has 3 aromatic carbocycles. The number of likely N-dealkylation sites (N-methyl/N-ethyl adjacent to an activating group) is 1. The van der Waals surface area contributed by atoms with E-state index >= 15 is 0 Å². The standard InChI is InChI=1S/C31H37NO4/c1-3-20-32(2)29(25-34-22-26-13-7-4-8-14-26)31(36-24-28-17-11-6-12-18-28)30(19-21-33)35-23-27-15-9-5-10-16-27/h3-18,21,29-31H,1,19-20,22-25H2,2H3. The number of rotatable bonds is 17. The molecule has 5 nitrogen and oxygen atoms in total. The van der Waals surface area contributed by atoms with E-state index in [-0.39, 0.29) is 12.5 Å². The van der Waals surface area contributed by atoms with Gasteiger partial charge in [0.05, 0.1) is 38.6 Å². The Kier molecular flexibility index (Phi) is 12.1. The van der Waals surface area contributed by atoms with Gasteiger partial charge in [-0.15, -0.1) is 6.58 Å². The molecular weight excluding hydrogens is 450 g/mol. The van der Waals surface area contributed by atoms with E-state index in [9.17, 15) is 4.79 Å². The second-order valence-corrected chi connectivity index (χ2v) is 8.79. The molecule has 0 saturated heterocycles. The lowest BCUT2D eigenvalue weighted by atomic mass is 10.0. The number of aldehydes is 1. The van der Waals surface area contributed by atoms with Gasteiger partial charge in [-0.05, 0) is 23.7 Å². The molecule has 0 radical (unpaired) electrons.